The van der Waals surface area contributed by atoms with Gasteiger partial charge in [0, 0.05) is 44.4 Å². The van der Waals surface area contributed by atoms with Gasteiger partial charge in [-0.05, 0) is 56.7 Å². The zero-order chi connectivity index (χ0) is 21.6. The molecule has 2 aromatic rings. The van der Waals surface area contributed by atoms with E-state index in [1.165, 1.54) is 12.8 Å². The number of hydrogen-bond acceptors (Lipinski definition) is 4. The predicted octanol–water partition coefficient (Wildman–Crippen LogP) is 3.59. The number of carbonyl (C=O) groups is 2. The summed E-state index contributed by atoms with van der Waals surface area (Å²) in [6.45, 7) is 4.07. The molecule has 2 fully saturated rings. The molecule has 1 saturated carbocycles. The number of aryl methyl sites for hydroxylation is 1. The highest BCUT2D eigenvalue weighted by Gasteiger charge is 2.33. The van der Waals surface area contributed by atoms with E-state index in [2.05, 4.69) is 15.4 Å². The molecule has 2 aliphatic rings. The lowest BCUT2D eigenvalue weighted by Gasteiger charge is -2.37. The lowest BCUT2D eigenvalue weighted by atomic mass is 9.88. The van der Waals surface area contributed by atoms with Gasteiger partial charge in [0.15, 0.2) is 0 Å². The number of carbonyl (C=O) groups excluding carboxylic acids is 2. The van der Waals surface area contributed by atoms with Crippen molar-refractivity contribution >= 4 is 11.8 Å². The lowest BCUT2D eigenvalue weighted by molar-refractivity contribution is -0.123. The van der Waals surface area contributed by atoms with Gasteiger partial charge in [-0.3, -0.25) is 19.3 Å². The molecule has 2 atom stereocenters. The Kier molecular flexibility index (Phi) is 6.99. The van der Waals surface area contributed by atoms with Crippen molar-refractivity contribution in [1.82, 2.24) is 25.0 Å². The fourth-order valence-corrected chi connectivity index (χ4v) is 4.98. The van der Waals surface area contributed by atoms with Crippen LogP contribution in [0.4, 0.5) is 0 Å². The van der Waals surface area contributed by atoms with Gasteiger partial charge in [0.1, 0.15) is 5.69 Å². The predicted molar refractivity (Wildman–Crippen MR) is 118 cm³/mol. The minimum atomic E-state index is -0.182. The topological polar surface area (TPSA) is 80.1 Å². The maximum absolute atomic E-state index is 13.0. The van der Waals surface area contributed by atoms with Crippen LogP contribution in [0.15, 0.2) is 36.7 Å². The molecule has 0 aromatic carbocycles. The number of hydrogen-bond donors (Lipinski definition) is 1. The molecule has 166 valence electrons. The molecule has 0 spiro atoms. The van der Waals surface area contributed by atoms with Crippen LogP contribution in [0.25, 0.3) is 0 Å². The molecule has 31 heavy (non-hydrogen) atoms. The van der Waals surface area contributed by atoms with Crippen LogP contribution in [0.2, 0.25) is 0 Å². The summed E-state index contributed by atoms with van der Waals surface area (Å²) in [6, 6.07) is 7.43. The smallest absolute Gasteiger partial charge is 0.274 e. The molecule has 3 heterocycles. The summed E-state index contributed by atoms with van der Waals surface area (Å²) >= 11 is 0. The van der Waals surface area contributed by atoms with E-state index in [1.807, 2.05) is 36.2 Å². The van der Waals surface area contributed by atoms with Crippen molar-refractivity contribution in [3.8, 4) is 0 Å². The Labute approximate surface area is 184 Å². The fourth-order valence-electron chi connectivity index (χ4n) is 4.98. The van der Waals surface area contributed by atoms with Crippen LogP contribution in [0.1, 0.15) is 74.1 Å². The first-order valence-corrected chi connectivity index (χ1v) is 11.7. The maximum atomic E-state index is 13.0. The third kappa shape index (κ3) is 5.32. The zero-order valence-electron chi connectivity index (χ0n) is 18.4. The normalized spacial score (nSPS) is 20.5. The summed E-state index contributed by atoms with van der Waals surface area (Å²) < 4.78 is 1.77. The van der Waals surface area contributed by atoms with Gasteiger partial charge in [-0.1, -0.05) is 18.9 Å². The van der Waals surface area contributed by atoms with Crippen molar-refractivity contribution in [1.29, 1.82) is 0 Å². The first-order valence-electron chi connectivity index (χ1n) is 11.7. The summed E-state index contributed by atoms with van der Waals surface area (Å²) in [5.74, 6) is 0.706. The number of rotatable bonds is 7. The van der Waals surface area contributed by atoms with Gasteiger partial charge in [0.05, 0.1) is 11.7 Å². The van der Waals surface area contributed by atoms with E-state index in [0.29, 0.717) is 24.6 Å². The van der Waals surface area contributed by atoms with Crippen LogP contribution >= 0.6 is 0 Å². The van der Waals surface area contributed by atoms with Crippen LogP contribution in [-0.2, 0) is 11.3 Å². The van der Waals surface area contributed by atoms with E-state index < -0.39 is 0 Å². The lowest BCUT2D eigenvalue weighted by Crippen LogP contribution is -2.45. The van der Waals surface area contributed by atoms with Crippen molar-refractivity contribution in [2.45, 2.75) is 64.5 Å². The van der Waals surface area contributed by atoms with Gasteiger partial charge < -0.3 is 10.2 Å². The molecular weight excluding hydrogens is 390 g/mol. The number of pyridine rings is 1. The van der Waals surface area contributed by atoms with E-state index in [-0.39, 0.29) is 23.8 Å². The average Bonchev–Trinajstić information content (AvgIpc) is 3.50. The van der Waals surface area contributed by atoms with Crippen molar-refractivity contribution in [3.05, 3.63) is 48.0 Å². The largest absolute Gasteiger partial charge is 0.347 e. The first-order chi connectivity index (χ1) is 15.1. The van der Waals surface area contributed by atoms with E-state index in [4.69, 9.17) is 0 Å². The van der Waals surface area contributed by atoms with E-state index in [0.717, 1.165) is 44.5 Å². The number of amides is 2. The van der Waals surface area contributed by atoms with Gasteiger partial charge in [0.25, 0.3) is 5.91 Å². The molecule has 4 rings (SSSR count). The zero-order valence-corrected chi connectivity index (χ0v) is 18.4. The quantitative estimate of drug-likeness (QED) is 0.738. The molecule has 1 saturated heterocycles. The molecule has 1 N–H and O–H groups in total. The molecular formula is C24H33N5O2. The summed E-state index contributed by atoms with van der Waals surface area (Å²) in [7, 11) is 0. The van der Waals surface area contributed by atoms with Crippen LogP contribution in [0, 0.1) is 11.8 Å². The Morgan fingerprint density at radius 2 is 2.00 bits per heavy atom. The summed E-state index contributed by atoms with van der Waals surface area (Å²) in [6.07, 6.45) is 10.8. The Bertz CT molecular complexity index is 875. The van der Waals surface area contributed by atoms with Gasteiger partial charge in [0.2, 0.25) is 5.91 Å². The van der Waals surface area contributed by atoms with Crippen LogP contribution in [0.5, 0.6) is 0 Å². The Balaban J connectivity index is 1.47. The summed E-state index contributed by atoms with van der Waals surface area (Å²) in [5.41, 5.74) is 1.36. The molecule has 7 heteroatoms. The monoisotopic (exact) mass is 423 g/mol. The SMILES string of the molecule is CCn1ccc(C(=O)N2CCC[C@H]([C@H](NC(=O)CC3CCCC3)c3ccccn3)C2)n1. The van der Waals surface area contributed by atoms with Gasteiger partial charge in [-0.25, -0.2) is 0 Å². The highest BCUT2D eigenvalue weighted by Crippen LogP contribution is 2.31. The second-order valence-electron chi connectivity index (χ2n) is 8.86. The highest BCUT2D eigenvalue weighted by molar-refractivity contribution is 5.92. The molecule has 2 amide bonds. The summed E-state index contributed by atoms with van der Waals surface area (Å²) in [5, 5.41) is 7.66. The molecule has 1 aliphatic heterocycles. The fraction of sp³-hybridized carbons (Fsp3) is 0.583. The van der Waals surface area contributed by atoms with Crippen LogP contribution < -0.4 is 5.32 Å². The number of piperidine rings is 1. The van der Waals surface area contributed by atoms with Gasteiger partial charge in [-0.15, -0.1) is 0 Å². The van der Waals surface area contributed by atoms with Crippen molar-refractivity contribution in [3.63, 3.8) is 0 Å². The summed E-state index contributed by atoms with van der Waals surface area (Å²) in [4.78, 5) is 32.3. The Morgan fingerprint density at radius 3 is 2.71 bits per heavy atom. The maximum Gasteiger partial charge on any atom is 0.274 e. The first kappa shape index (κ1) is 21.5. The molecule has 0 radical (unpaired) electrons. The highest BCUT2D eigenvalue weighted by atomic mass is 16.2. The molecule has 2 aromatic heterocycles. The van der Waals surface area contributed by atoms with Crippen LogP contribution in [0.3, 0.4) is 0 Å². The Morgan fingerprint density at radius 1 is 1.16 bits per heavy atom. The van der Waals surface area contributed by atoms with Crippen molar-refractivity contribution < 1.29 is 9.59 Å². The minimum Gasteiger partial charge on any atom is -0.347 e. The van der Waals surface area contributed by atoms with Gasteiger partial charge in [-0.2, -0.15) is 5.10 Å². The number of nitrogens with zero attached hydrogens (tertiary/aromatic N) is 4. The molecule has 1 aliphatic carbocycles. The number of aromatic nitrogens is 3. The molecule has 7 nitrogen and oxygen atoms in total. The number of nitrogens with one attached hydrogen (secondary N) is 1. The third-order valence-corrected chi connectivity index (χ3v) is 6.67. The average molecular weight is 424 g/mol. The van der Waals surface area contributed by atoms with E-state index in [9.17, 15) is 9.59 Å². The van der Waals surface area contributed by atoms with Crippen molar-refractivity contribution in [2.75, 3.05) is 13.1 Å². The molecule has 0 unspecified atom stereocenters. The Hall–Kier alpha value is -2.70. The van der Waals surface area contributed by atoms with E-state index >= 15 is 0 Å². The van der Waals surface area contributed by atoms with Gasteiger partial charge >= 0.3 is 0 Å². The second kappa shape index (κ2) is 10.1. The third-order valence-electron chi connectivity index (χ3n) is 6.67. The van der Waals surface area contributed by atoms with Crippen molar-refractivity contribution in [2.24, 2.45) is 11.8 Å². The van der Waals surface area contributed by atoms with Crippen LogP contribution in [-0.4, -0.2) is 44.6 Å². The second-order valence-corrected chi connectivity index (χ2v) is 8.86. The minimum absolute atomic E-state index is 0.0334. The molecule has 0 bridgehead atoms. The standard InChI is InChI=1S/C24H33N5O2/c1-2-29-15-12-21(27-29)24(31)28-14-7-10-19(17-28)23(20-11-5-6-13-25-20)26-22(30)16-18-8-3-4-9-18/h5-6,11-13,15,18-19,23H,2-4,7-10,14,16-17H2,1H3,(H,26,30)/t19-,23-/m0/s1. The number of likely N-dealkylation sites (tertiary alicyclic amines) is 1. The van der Waals surface area contributed by atoms with E-state index in [1.54, 1.807) is 16.9 Å².